The Kier molecular flexibility index (Phi) is 4.92. The van der Waals surface area contributed by atoms with Crippen molar-refractivity contribution in [3.05, 3.63) is 107 Å². The average molecular weight is 407 g/mol. The first-order valence-electron chi connectivity index (χ1n) is 10.3. The van der Waals surface area contributed by atoms with E-state index in [4.69, 9.17) is 9.97 Å². The molecule has 0 radical (unpaired) electrons. The number of rotatable bonds is 5. The van der Waals surface area contributed by atoms with Gasteiger partial charge in [0, 0.05) is 18.4 Å². The number of phenols is 1. The van der Waals surface area contributed by atoms with E-state index in [-0.39, 0.29) is 18.1 Å². The van der Waals surface area contributed by atoms with E-state index in [0.717, 1.165) is 39.3 Å². The van der Waals surface area contributed by atoms with Gasteiger partial charge in [-0.15, -0.1) is 0 Å². The number of phenolic OH excluding ortho intramolecular Hbond substituents is 1. The van der Waals surface area contributed by atoms with Gasteiger partial charge in [0.1, 0.15) is 5.75 Å². The van der Waals surface area contributed by atoms with Gasteiger partial charge in [-0.05, 0) is 34.9 Å². The molecule has 2 N–H and O–H groups in total. The second kappa shape index (κ2) is 8.03. The summed E-state index contributed by atoms with van der Waals surface area (Å²) in [6.07, 6.45) is 1.42. The maximum absolute atomic E-state index is 12.7. The van der Waals surface area contributed by atoms with Crippen molar-refractivity contribution >= 4 is 11.7 Å². The molecule has 5 nitrogen and oxygen atoms in total. The lowest BCUT2D eigenvalue weighted by molar-refractivity contribution is -0.115. The van der Waals surface area contributed by atoms with E-state index in [9.17, 15) is 9.90 Å². The smallest absolute Gasteiger partial charge is 0.229 e. The Morgan fingerprint density at radius 2 is 1.61 bits per heavy atom. The first-order valence-corrected chi connectivity index (χ1v) is 10.3. The number of nitrogens with zero attached hydrogens (tertiary/aromatic N) is 2. The molecule has 152 valence electrons. The minimum Gasteiger partial charge on any atom is -0.508 e. The van der Waals surface area contributed by atoms with E-state index in [0.29, 0.717) is 18.7 Å². The number of hydrogen-bond donors (Lipinski definition) is 2. The minimum atomic E-state index is -0.122. The lowest BCUT2D eigenvalue weighted by Gasteiger charge is -2.12. The molecule has 1 aromatic heterocycles. The molecule has 0 unspecified atom stereocenters. The predicted octanol–water partition coefficient (Wildman–Crippen LogP) is 4.53. The molecular formula is C26H21N3O2. The standard InChI is InChI=1S/C26H21N3O2/c30-20-11-12-21-19(15-20)16-22-25(21)27-23(13-17-7-3-1-4-8-17)26(28-22)29-24(31)14-18-9-5-2-6-10-18/h1-12,15,30H,13-14,16H2,(H,28,29,31). The Hall–Kier alpha value is -3.99. The number of carbonyl (C=O) groups excluding carboxylic acids is 1. The van der Waals surface area contributed by atoms with Gasteiger partial charge in [0.05, 0.1) is 23.5 Å². The van der Waals surface area contributed by atoms with Crippen LogP contribution in [0.2, 0.25) is 0 Å². The van der Waals surface area contributed by atoms with Crippen molar-refractivity contribution in [3.8, 4) is 17.0 Å². The van der Waals surface area contributed by atoms with Gasteiger partial charge in [0.2, 0.25) is 5.91 Å². The van der Waals surface area contributed by atoms with Crippen LogP contribution in [0.4, 0.5) is 5.82 Å². The van der Waals surface area contributed by atoms with Crippen molar-refractivity contribution in [3.63, 3.8) is 0 Å². The van der Waals surface area contributed by atoms with E-state index in [2.05, 4.69) is 5.32 Å². The molecule has 0 spiro atoms. The molecule has 4 aromatic rings. The monoisotopic (exact) mass is 407 g/mol. The average Bonchev–Trinajstić information content (AvgIpc) is 3.11. The number of aromatic nitrogens is 2. The number of benzene rings is 3. The van der Waals surface area contributed by atoms with E-state index in [1.54, 1.807) is 12.1 Å². The molecule has 0 saturated heterocycles. The van der Waals surface area contributed by atoms with Crippen LogP contribution in [-0.4, -0.2) is 21.0 Å². The quantitative estimate of drug-likeness (QED) is 0.449. The number of aromatic hydroxyl groups is 1. The molecule has 3 aromatic carbocycles. The molecule has 1 heterocycles. The summed E-state index contributed by atoms with van der Waals surface area (Å²) in [5.74, 6) is 0.607. The normalized spacial score (nSPS) is 11.6. The molecule has 0 fully saturated rings. The van der Waals surface area contributed by atoms with Crippen LogP contribution in [0.3, 0.4) is 0 Å². The van der Waals surface area contributed by atoms with Crippen LogP contribution in [0.1, 0.15) is 28.1 Å². The number of nitrogens with one attached hydrogen (secondary N) is 1. The molecule has 5 heteroatoms. The second-order valence-corrected chi connectivity index (χ2v) is 7.71. The van der Waals surface area contributed by atoms with E-state index < -0.39 is 0 Å². The fourth-order valence-corrected chi connectivity index (χ4v) is 3.95. The van der Waals surface area contributed by atoms with Gasteiger partial charge in [0.15, 0.2) is 5.82 Å². The molecule has 0 saturated carbocycles. The Morgan fingerprint density at radius 1 is 0.903 bits per heavy atom. The summed E-state index contributed by atoms with van der Waals surface area (Å²) in [5, 5.41) is 12.8. The molecule has 5 rings (SSSR count). The maximum atomic E-state index is 12.7. The number of amides is 1. The van der Waals surface area contributed by atoms with Crippen molar-refractivity contribution in [2.75, 3.05) is 5.32 Å². The molecule has 1 amide bonds. The van der Waals surface area contributed by atoms with E-state index in [1.165, 1.54) is 0 Å². The summed E-state index contributed by atoms with van der Waals surface area (Å²) in [4.78, 5) is 22.5. The van der Waals surface area contributed by atoms with Gasteiger partial charge in [0.25, 0.3) is 0 Å². The fourth-order valence-electron chi connectivity index (χ4n) is 3.95. The van der Waals surface area contributed by atoms with Crippen molar-refractivity contribution in [2.45, 2.75) is 19.3 Å². The molecular weight excluding hydrogens is 386 g/mol. The molecule has 0 atom stereocenters. The molecule has 1 aliphatic rings. The van der Waals surface area contributed by atoms with Crippen LogP contribution < -0.4 is 5.32 Å². The van der Waals surface area contributed by atoms with Gasteiger partial charge < -0.3 is 10.4 Å². The fraction of sp³-hybridized carbons (Fsp3) is 0.115. The Bertz CT molecular complexity index is 1250. The van der Waals surface area contributed by atoms with Gasteiger partial charge in [-0.2, -0.15) is 0 Å². The Morgan fingerprint density at radius 3 is 2.35 bits per heavy atom. The van der Waals surface area contributed by atoms with Crippen LogP contribution >= 0.6 is 0 Å². The highest BCUT2D eigenvalue weighted by atomic mass is 16.3. The highest BCUT2D eigenvalue weighted by molar-refractivity contribution is 5.92. The summed E-state index contributed by atoms with van der Waals surface area (Å²) < 4.78 is 0. The highest BCUT2D eigenvalue weighted by Gasteiger charge is 2.25. The van der Waals surface area contributed by atoms with Gasteiger partial charge in [-0.3, -0.25) is 4.79 Å². The SMILES string of the molecule is O=C(Cc1ccccc1)Nc1nc2c(nc1Cc1ccccc1)-c1ccc(O)cc1C2. The van der Waals surface area contributed by atoms with Gasteiger partial charge in [-0.1, -0.05) is 60.7 Å². The zero-order valence-electron chi connectivity index (χ0n) is 16.9. The van der Waals surface area contributed by atoms with Crippen LogP contribution in [0, 0.1) is 0 Å². The molecule has 31 heavy (non-hydrogen) atoms. The Labute approximate surface area is 180 Å². The summed E-state index contributed by atoms with van der Waals surface area (Å²) in [6.45, 7) is 0. The third-order valence-electron chi connectivity index (χ3n) is 5.42. The van der Waals surface area contributed by atoms with Crippen LogP contribution in [0.5, 0.6) is 5.75 Å². The third-order valence-corrected chi connectivity index (χ3v) is 5.42. The summed E-state index contributed by atoms with van der Waals surface area (Å²) in [7, 11) is 0. The van der Waals surface area contributed by atoms with Gasteiger partial charge in [-0.25, -0.2) is 9.97 Å². The number of hydrogen-bond acceptors (Lipinski definition) is 4. The molecule has 0 bridgehead atoms. The van der Waals surface area contributed by atoms with Gasteiger partial charge >= 0.3 is 0 Å². The highest BCUT2D eigenvalue weighted by Crippen LogP contribution is 2.37. The largest absolute Gasteiger partial charge is 0.508 e. The summed E-state index contributed by atoms with van der Waals surface area (Å²) in [6, 6.07) is 25.0. The molecule has 0 aliphatic heterocycles. The first-order chi connectivity index (χ1) is 15.2. The second-order valence-electron chi connectivity index (χ2n) is 7.71. The zero-order chi connectivity index (χ0) is 21.2. The molecule has 1 aliphatic carbocycles. The minimum absolute atomic E-state index is 0.122. The third kappa shape index (κ3) is 4.03. The van der Waals surface area contributed by atoms with Crippen molar-refractivity contribution in [2.24, 2.45) is 0 Å². The van der Waals surface area contributed by atoms with Crippen LogP contribution in [0.25, 0.3) is 11.3 Å². The van der Waals surface area contributed by atoms with E-state index >= 15 is 0 Å². The van der Waals surface area contributed by atoms with Crippen LogP contribution in [-0.2, 0) is 24.1 Å². The lowest BCUT2D eigenvalue weighted by Crippen LogP contribution is -2.18. The van der Waals surface area contributed by atoms with E-state index in [1.807, 2.05) is 66.7 Å². The predicted molar refractivity (Wildman–Crippen MR) is 120 cm³/mol. The number of anilines is 1. The topological polar surface area (TPSA) is 75.1 Å². The summed E-state index contributed by atoms with van der Waals surface area (Å²) in [5.41, 5.74) is 6.38. The van der Waals surface area contributed by atoms with Crippen molar-refractivity contribution in [1.29, 1.82) is 0 Å². The van der Waals surface area contributed by atoms with Crippen molar-refractivity contribution in [1.82, 2.24) is 9.97 Å². The van der Waals surface area contributed by atoms with Crippen molar-refractivity contribution < 1.29 is 9.90 Å². The number of fused-ring (bicyclic) bond motifs is 3. The maximum Gasteiger partial charge on any atom is 0.229 e. The summed E-state index contributed by atoms with van der Waals surface area (Å²) >= 11 is 0. The zero-order valence-corrected chi connectivity index (χ0v) is 16.9. The number of carbonyl (C=O) groups is 1. The first kappa shape index (κ1) is 19.0. The van der Waals surface area contributed by atoms with Crippen LogP contribution in [0.15, 0.2) is 78.9 Å². The lowest BCUT2D eigenvalue weighted by atomic mass is 10.1. The Balaban J connectivity index is 1.50.